The minimum atomic E-state index is -0.422. The number of nitrogens with zero attached hydrogens (tertiary/aromatic N) is 4. The lowest BCUT2D eigenvalue weighted by Crippen LogP contribution is -2.11. The van der Waals surface area contributed by atoms with E-state index in [-0.39, 0.29) is 5.69 Å². The van der Waals surface area contributed by atoms with Crippen LogP contribution in [0.25, 0.3) is 11.6 Å². The first-order valence-electron chi connectivity index (χ1n) is 6.25. The fraction of sp³-hybridized carbons (Fsp3) is 0.0769. The zero-order valence-corrected chi connectivity index (χ0v) is 12.1. The van der Waals surface area contributed by atoms with Gasteiger partial charge in [0.1, 0.15) is 0 Å². The van der Waals surface area contributed by atoms with E-state index in [1.54, 1.807) is 18.2 Å². The van der Waals surface area contributed by atoms with Crippen LogP contribution in [0.5, 0.6) is 0 Å². The Balaban J connectivity index is 1.75. The summed E-state index contributed by atoms with van der Waals surface area (Å²) in [7, 11) is 0. The van der Waals surface area contributed by atoms with Gasteiger partial charge in [0.05, 0.1) is 11.2 Å². The third kappa shape index (κ3) is 2.79. The normalized spacial score (nSPS) is 10.7. The van der Waals surface area contributed by atoms with E-state index in [1.807, 2.05) is 6.07 Å². The molecule has 0 spiro atoms. The third-order valence-corrected chi connectivity index (χ3v) is 3.91. The molecule has 8 nitrogen and oxygen atoms in total. The van der Waals surface area contributed by atoms with E-state index in [0.717, 1.165) is 5.56 Å². The second-order valence-corrected chi connectivity index (χ2v) is 5.31. The average molecular weight is 317 g/mol. The summed E-state index contributed by atoms with van der Waals surface area (Å²) in [6, 6.07) is 9.91. The van der Waals surface area contributed by atoms with Gasteiger partial charge < -0.3 is 10.3 Å². The SMILES string of the molecule is Nn1c(SCc2cccc([N+](=O)[O-])c2)nnc1-c1ccco1. The average Bonchev–Trinajstić information content (AvgIpc) is 3.15. The Hall–Kier alpha value is -2.81. The maximum absolute atomic E-state index is 10.8. The maximum atomic E-state index is 10.8. The number of nitro benzene ring substituents is 1. The highest BCUT2D eigenvalue weighted by Gasteiger charge is 2.14. The molecule has 0 aliphatic carbocycles. The van der Waals surface area contributed by atoms with Crippen molar-refractivity contribution in [3.63, 3.8) is 0 Å². The molecule has 2 heterocycles. The summed E-state index contributed by atoms with van der Waals surface area (Å²) in [5.41, 5.74) is 0.866. The number of nitrogens with two attached hydrogens (primary N) is 1. The van der Waals surface area contributed by atoms with Gasteiger partial charge >= 0.3 is 0 Å². The van der Waals surface area contributed by atoms with Crippen molar-refractivity contribution < 1.29 is 9.34 Å². The molecule has 22 heavy (non-hydrogen) atoms. The first kappa shape index (κ1) is 14.1. The maximum Gasteiger partial charge on any atom is 0.269 e. The minimum absolute atomic E-state index is 0.0589. The third-order valence-electron chi connectivity index (χ3n) is 2.90. The van der Waals surface area contributed by atoms with Gasteiger partial charge in [-0.3, -0.25) is 10.1 Å². The highest BCUT2D eigenvalue weighted by molar-refractivity contribution is 7.98. The summed E-state index contributed by atoms with van der Waals surface area (Å²) >= 11 is 1.34. The van der Waals surface area contributed by atoms with Crippen LogP contribution in [-0.4, -0.2) is 19.8 Å². The Labute approximate surface area is 129 Å². The number of nitrogen functional groups attached to an aromatic ring is 1. The second-order valence-electron chi connectivity index (χ2n) is 4.37. The summed E-state index contributed by atoms with van der Waals surface area (Å²) in [4.78, 5) is 10.3. The van der Waals surface area contributed by atoms with Gasteiger partial charge in [-0.2, -0.15) is 0 Å². The van der Waals surface area contributed by atoms with Crippen LogP contribution >= 0.6 is 11.8 Å². The second kappa shape index (κ2) is 5.90. The molecule has 0 aliphatic heterocycles. The number of thioether (sulfide) groups is 1. The van der Waals surface area contributed by atoms with Crippen LogP contribution < -0.4 is 5.84 Å². The van der Waals surface area contributed by atoms with E-state index in [4.69, 9.17) is 10.3 Å². The summed E-state index contributed by atoms with van der Waals surface area (Å²) < 4.78 is 6.57. The van der Waals surface area contributed by atoms with Crippen LogP contribution in [0.15, 0.2) is 52.2 Å². The van der Waals surface area contributed by atoms with Gasteiger partial charge in [0, 0.05) is 17.9 Å². The zero-order chi connectivity index (χ0) is 15.5. The molecule has 0 saturated heterocycles. The van der Waals surface area contributed by atoms with Gasteiger partial charge in [-0.1, -0.05) is 23.9 Å². The number of hydrogen-bond donors (Lipinski definition) is 1. The molecule has 0 bridgehead atoms. The van der Waals surface area contributed by atoms with E-state index in [2.05, 4.69) is 10.2 Å². The van der Waals surface area contributed by atoms with Gasteiger partial charge in [-0.15, -0.1) is 10.2 Å². The topological polar surface area (TPSA) is 113 Å². The van der Waals surface area contributed by atoms with Crippen molar-refractivity contribution in [2.75, 3.05) is 5.84 Å². The Kier molecular flexibility index (Phi) is 3.79. The molecular formula is C13H11N5O3S. The van der Waals surface area contributed by atoms with Gasteiger partial charge in [0.25, 0.3) is 5.69 Å². The Morgan fingerprint density at radius 3 is 2.91 bits per heavy atom. The first-order valence-corrected chi connectivity index (χ1v) is 7.24. The van der Waals surface area contributed by atoms with E-state index in [0.29, 0.717) is 22.5 Å². The molecule has 0 fully saturated rings. The molecule has 0 amide bonds. The zero-order valence-electron chi connectivity index (χ0n) is 11.2. The fourth-order valence-corrected chi connectivity index (χ4v) is 2.66. The largest absolute Gasteiger partial charge is 0.461 e. The molecule has 0 atom stereocenters. The summed E-state index contributed by atoms with van der Waals surface area (Å²) in [6.45, 7) is 0. The smallest absolute Gasteiger partial charge is 0.269 e. The summed E-state index contributed by atoms with van der Waals surface area (Å²) in [5.74, 6) is 7.38. The van der Waals surface area contributed by atoms with Gasteiger partial charge in [0.2, 0.25) is 11.0 Å². The van der Waals surface area contributed by atoms with E-state index < -0.39 is 4.92 Å². The molecule has 0 aliphatic rings. The van der Waals surface area contributed by atoms with E-state index >= 15 is 0 Å². The monoisotopic (exact) mass is 317 g/mol. The summed E-state index contributed by atoms with van der Waals surface area (Å²) in [5, 5.41) is 19.2. The van der Waals surface area contributed by atoms with Crippen molar-refractivity contribution >= 4 is 17.4 Å². The molecule has 0 unspecified atom stereocenters. The predicted molar refractivity (Wildman–Crippen MR) is 80.5 cm³/mol. The number of rotatable bonds is 5. The van der Waals surface area contributed by atoms with Gasteiger partial charge in [0.15, 0.2) is 5.76 Å². The van der Waals surface area contributed by atoms with Crippen molar-refractivity contribution in [2.45, 2.75) is 10.9 Å². The number of benzene rings is 1. The van der Waals surface area contributed by atoms with Gasteiger partial charge in [-0.05, 0) is 17.7 Å². The van der Waals surface area contributed by atoms with Crippen LogP contribution in [0.1, 0.15) is 5.56 Å². The van der Waals surface area contributed by atoms with E-state index in [1.165, 1.54) is 34.8 Å². The number of aromatic nitrogens is 3. The van der Waals surface area contributed by atoms with Crippen molar-refractivity contribution in [3.05, 3.63) is 58.3 Å². The molecular weight excluding hydrogens is 306 g/mol. The van der Waals surface area contributed by atoms with Crippen molar-refractivity contribution in [3.8, 4) is 11.6 Å². The number of hydrogen-bond acceptors (Lipinski definition) is 7. The Bertz CT molecular complexity index is 800. The molecule has 0 radical (unpaired) electrons. The molecule has 3 aromatic rings. The molecule has 3 rings (SSSR count). The quantitative estimate of drug-likeness (QED) is 0.333. The summed E-state index contributed by atoms with van der Waals surface area (Å²) in [6.07, 6.45) is 1.53. The molecule has 1 aromatic carbocycles. The lowest BCUT2D eigenvalue weighted by Gasteiger charge is -2.02. The molecule has 2 N–H and O–H groups in total. The standard InChI is InChI=1S/C13H11N5O3S/c14-17-12(11-5-2-6-21-11)15-16-13(17)22-8-9-3-1-4-10(7-9)18(19)20/h1-7H,8,14H2. The minimum Gasteiger partial charge on any atom is -0.461 e. The Morgan fingerprint density at radius 1 is 1.32 bits per heavy atom. The van der Waals surface area contributed by atoms with Crippen molar-refractivity contribution in [1.29, 1.82) is 0 Å². The first-order chi connectivity index (χ1) is 10.6. The van der Waals surface area contributed by atoms with Crippen molar-refractivity contribution in [2.24, 2.45) is 0 Å². The lowest BCUT2D eigenvalue weighted by molar-refractivity contribution is -0.384. The van der Waals surface area contributed by atoms with Crippen LogP contribution in [0, 0.1) is 10.1 Å². The lowest BCUT2D eigenvalue weighted by atomic mass is 10.2. The molecule has 112 valence electrons. The Morgan fingerprint density at radius 2 is 2.18 bits per heavy atom. The number of furan rings is 1. The van der Waals surface area contributed by atoms with E-state index in [9.17, 15) is 10.1 Å². The number of nitro groups is 1. The van der Waals surface area contributed by atoms with Crippen LogP contribution in [0.3, 0.4) is 0 Å². The number of non-ortho nitro benzene ring substituents is 1. The highest BCUT2D eigenvalue weighted by Crippen LogP contribution is 2.25. The fourth-order valence-electron chi connectivity index (χ4n) is 1.86. The van der Waals surface area contributed by atoms with Gasteiger partial charge in [-0.25, -0.2) is 4.68 Å². The van der Waals surface area contributed by atoms with Crippen molar-refractivity contribution in [1.82, 2.24) is 14.9 Å². The van der Waals surface area contributed by atoms with Crippen LogP contribution in [-0.2, 0) is 5.75 Å². The highest BCUT2D eigenvalue weighted by atomic mass is 32.2. The molecule has 2 aromatic heterocycles. The molecule has 9 heteroatoms. The molecule has 0 saturated carbocycles. The van der Waals surface area contributed by atoms with Crippen LogP contribution in [0.2, 0.25) is 0 Å². The van der Waals surface area contributed by atoms with Crippen LogP contribution in [0.4, 0.5) is 5.69 Å². The predicted octanol–water partition coefficient (Wildman–Crippen LogP) is 2.45.